The van der Waals surface area contributed by atoms with Crippen LogP contribution in [0.4, 0.5) is 0 Å². The summed E-state index contributed by atoms with van der Waals surface area (Å²) in [6.45, 7) is 7.44. The number of nitrogens with zero attached hydrogens (tertiary/aromatic N) is 2. The Morgan fingerprint density at radius 1 is 1.26 bits per heavy atom. The number of hydrogen-bond acceptors (Lipinski definition) is 4. The number of amides is 1. The lowest BCUT2D eigenvalue weighted by molar-refractivity contribution is -0.139. The zero-order chi connectivity index (χ0) is 19.3. The van der Waals surface area contributed by atoms with E-state index in [0.29, 0.717) is 19.6 Å². The van der Waals surface area contributed by atoms with Gasteiger partial charge in [0.15, 0.2) is 0 Å². The van der Waals surface area contributed by atoms with Gasteiger partial charge in [0.1, 0.15) is 0 Å². The van der Waals surface area contributed by atoms with Crippen LogP contribution < -0.4 is 0 Å². The van der Waals surface area contributed by atoms with Crippen LogP contribution in [-0.2, 0) is 16.1 Å². The van der Waals surface area contributed by atoms with Crippen molar-refractivity contribution < 1.29 is 14.6 Å². The summed E-state index contributed by atoms with van der Waals surface area (Å²) in [5.41, 5.74) is 2.88. The number of hydrogen-bond donors (Lipinski definition) is 1. The summed E-state index contributed by atoms with van der Waals surface area (Å²) in [7, 11) is 1.62. The minimum absolute atomic E-state index is 0.155. The molecular weight excluding hydrogens is 340 g/mol. The van der Waals surface area contributed by atoms with Crippen LogP contribution in [0.3, 0.4) is 0 Å². The van der Waals surface area contributed by atoms with E-state index < -0.39 is 0 Å². The molecule has 0 saturated carbocycles. The molecule has 5 nitrogen and oxygen atoms in total. The molecule has 2 saturated heterocycles. The van der Waals surface area contributed by atoms with E-state index in [1.165, 1.54) is 11.1 Å². The number of aryl methyl sites for hydroxylation is 1. The second-order valence-corrected chi connectivity index (χ2v) is 8.34. The normalized spacial score (nSPS) is 22.9. The number of aliphatic hydroxyl groups excluding tert-OH is 1. The highest BCUT2D eigenvalue weighted by atomic mass is 16.5. The fourth-order valence-corrected chi connectivity index (χ4v) is 4.82. The Bertz CT molecular complexity index is 626. The molecule has 1 aromatic carbocycles. The molecule has 2 fully saturated rings. The monoisotopic (exact) mass is 374 g/mol. The highest BCUT2D eigenvalue weighted by Crippen LogP contribution is 2.45. The van der Waals surface area contributed by atoms with Gasteiger partial charge in [-0.05, 0) is 50.3 Å². The number of aliphatic hydroxyl groups is 1. The van der Waals surface area contributed by atoms with E-state index in [9.17, 15) is 9.90 Å². The molecule has 1 aromatic rings. The van der Waals surface area contributed by atoms with E-state index in [2.05, 4.69) is 36.1 Å². The molecule has 1 atom stereocenters. The summed E-state index contributed by atoms with van der Waals surface area (Å²) in [4.78, 5) is 16.8. The zero-order valence-electron chi connectivity index (χ0n) is 16.8. The van der Waals surface area contributed by atoms with Gasteiger partial charge < -0.3 is 14.7 Å². The van der Waals surface area contributed by atoms with Crippen molar-refractivity contribution in [1.29, 1.82) is 0 Å². The van der Waals surface area contributed by atoms with Gasteiger partial charge >= 0.3 is 0 Å². The Kier molecular flexibility index (Phi) is 6.90. The SMILES string of the molecule is COCCC(=O)N1CCC2(CCN(Cc3cccc(C)c3)CC2)[C@H](CO)C1. The predicted octanol–water partition coefficient (Wildman–Crippen LogP) is 2.45. The molecule has 0 bridgehead atoms. The maximum Gasteiger partial charge on any atom is 0.224 e. The third-order valence-corrected chi connectivity index (χ3v) is 6.62. The molecule has 2 aliphatic rings. The molecular formula is C22H34N2O3. The lowest BCUT2D eigenvalue weighted by Gasteiger charge is -2.51. The summed E-state index contributed by atoms with van der Waals surface area (Å²) in [6, 6.07) is 8.75. The number of carbonyl (C=O) groups is 1. The molecule has 1 N–H and O–H groups in total. The maximum absolute atomic E-state index is 12.3. The molecule has 1 amide bonds. The first-order valence-electron chi connectivity index (χ1n) is 10.2. The van der Waals surface area contributed by atoms with E-state index in [0.717, 1.165) is 45.4 Å². The van der Waals surface area contributed by atoms with Crippen LogP contribution in [0, 0.1) is 18.3 Å². The summed E-state index contributed by atoms with van der Waals surface area (Å²) in [5, 5.41) is 10.0. The fourth-order valence-electron chi connectivity index (χ4n) is 4.82. The smallest absolute Gasteiger partial charge is 0.224 e. The molecule has 2 heterocycles. The molecule has 0 radical (unpaired) electrons. The third-order valence-electron chi connectivity index (χ3n) is 6.62. The summed E-state index contributed by atoms with van der Waals surface area (Å²) < 4.78 is 5.03. The van der Waals surface area contributed by atoms with Crippen LogP contribution in [0.5, 0.6) is 0 Å². The van der Waals surface area contributed by atoms with Gasteiger partial charge in [-0.25, -0.2) is 0 Å². The first-order chi connectivity index (χ1) is 13.1. The average molecular weight is 375 g/mol. The molecule has 1 spiro atoms. The van der Waals surface area contributed by atoms with Crippen molar-refractivity contribution in [2.45, 2.75) is 39.2 Å². The van der Waals surface area contributed by atoms with Crippen LogP contribution in [0.25, 0.3) is 0 Å². The van der Waals surface area contributed by atoms with E-state index in [1.54, 1.807) is 7.11 Å². The Morgan fingerprint density at radius 3 is 2.67 bits per heavy atom. The van der Waals surface area contributed by atoms with Gasteiger partial charge in [0.25, 0.3) is 0 Å². The molecule has 3 rings (SSSR count). The number of carbonyl (C=O) groups excluding carboxylic acids is 1. The fraction of sp³-hybridized carbons (Fsp3) is 0.682. The quantitative estimate of drug-likeness (QED) is 0.831. The summed E-state index contributed by atoms with van der Waals surface area (Å²) in [5.74, 6) is 0.348. The highest BCUT2D eigenvalue weighted by molar-refractivity contribution is 5.76. The van der Waals surface area contributed by atoms with Gasteiger partial charge in [-0.1, -0.05) is 29.8 Å². The van der Waals surface area contributed by atoms with Crippen molar-refractivity contribution in [2.75, 3.05) is 46.5 Å². The van der Waals surface area contributed by atoms with Crippen molar-refractivity contribution in [3.05, 3.63) is 35.4 Å². The Morgan fingerprint density at radius 2 is 2.00 bits per heavy atom. The van der Waals surface area contributed by atoms with Crippen LogP contribution in [0.15, 0.2) is 24.3 Å². The zero-order valence-corrected chi connectivity index (χ0v) is 16.8. The molecule has 27 heavy (non-hydrogen) atoms. The van der Waals surface area contributed by atoms with Crippen molar-refractivity contribution in [1.82, 2.24) is 9.80 Å². The second kappa shape index (κ2) is 9.18. The van der Waals surface area contributed by atoms with Crippen LogP contribution in [0.2, 0.25) is 0 Å². The molecule has 0 aromatic heterocycles. The van der Waals surface area contributed by atoms with Gasteiger partial charge in [-0.3, -0.25) is 9.69 Å². The minimum atomic E-state index is 0.155. The van der Waals surface area contributed by atoms with Gasteiger partial charge in [0.05, 0.1) is 13.0 Å². The van der Waals surface area contributed by atoms with E-state index in [-0.39, 0.29) is 23.8 Å². The lowest BCUT2D eigenvalue weighted by atomic mass is 9.64. The molecule has 0 aliphatic carbocycles. The van der Waals surface area contributed by atoms with E-state index >= 15 is 0 Å². The number of piperidine rings is 2. The standard InChI is InChI=1S/C22H34N2O3/c1-18-4-3-5-19(14-18)15-23-10-7-22(8-11-23)9-12-24(16-20(22)17-25)21(26)6-13-27-2/h3-5,14,20,25H,6-13,15-17H2,1-2H3/t20-/m0/s1. The largest absolute Gasteiger partial charge is 0.396 e. The Balaban J connectivity index is 1.55. The van der Waals surface area contributed by atoms with Crippen LogP contribution in [-0.4, -0.2) is 67.3 Å². The second-order valence-electron chi connectivity index (χ2n) is 8.34. The number of methoxy groups -OCH3 is 1. The topological polar surface area (TPSA) is 53.0 Å². The van der Waals surface area contributed by atoms with Gasteiger partial charge in [0.2, 0.25) is 5.91 Å². The van der Waals surface area contributed by atoms with Gasteiger partial charge in [-0.2, -0.15) is 0 Å². The van der Waals surface area contributed by atoms with Crippen molar-refractivity contribution >= 4 is 5.91 Å². The Hall–Kier alpha value is -1.43. The van der Waals surface area contributed by atoms with Crippen molar-refractivity contribution in [3.63, 3.8) is 0 Å². The summed E-state index contributed by atoms with van der Waals surface area (Å²) >= 11 is 0. The lowest BCUT2D eigenvalue weighted by Crippen LogP contribution is -2.54. The predicted molar refractivity (Wildman–Crippen MR) is 106 cm³/mol. The molecule has 2 aliphatic heterocycles. The number of likely N-dealkylation sites (tertiary alicyclic amines) is 2. The van der Waals surface area contributed by atoms with E-state index in [4.69, 9.17) is 4.74 Å². The van der Waals surface area contributed by atoms with Gasteiger partial charge in [0, 0.05) is 39.3 Å². The average Bonchev–Trinajstić information content (AvgIpc) is 2.68. The minimum Gasteiger partial charge on any atom is -0.396 e. The van der Waals surface area contributed by atoms with E-state index in [1.807, 2.05) is 4.90 Å². The highest BCUT2D eigenvalue weighted by Gasteiger charge is 2.45. The number of ether oxygens (including phenoxy) is 1. The third kappa shape index (κ3) is 4.89. The molecule has 5 heteroatoms. The van der Waals surface area contributed by atoms with Crippen molar-refractivity contribution in [3.8, 4) is 0 Å². The summed E-state index contributed by atoms with van der Waals surface area (Å²) in [6.07, 6.45) is 3.68. The van der Waals surface area contributed by atoms with Gasteiger partial charge in [-0.15, -0.1) is 0 Å². The maximum atomic E-state index is 12.3. The molecule has 150 valence electrons. The van der Waals surface area contributed by atoms with Crippen LogP contribution in [0.1, 0.15) is 36.8 Å². The number of benzene rings is 1. The number of rotatable bonds is 6. The van der Waals surface area contributed by atoms with Crippen molar-refractivity contribution in [2.24, 2.45) is 11.3 Å². The van der Waals surface area contributed by atoms with Crippen LogP contribution >= 0.6 is 0 Å². The Labute approximate surface area is 163 Å². The first kappa shape index (κ1) is 20.3. The first-order valence-corrected chi connectivity index (χ1v) is 10.2. The molecule has 0 unspecified atom stereocenters.